The summed E-state index contributed by atoms with van der Waals surface area (Å²) in [4.78, 5) is 40.0. The van der Waals surface area contributed by atoms with E-state index in [1.54, 1.807) is 18.2 Å². The number of anilines is 1. The Morgan fingerprint density at radius 1 is 0.771 bits per heavy atom. The van der Waals surface area contributed by atoms with Gasteiger partial charge in [-0.25, -0.2) is 9.69 Å². The Labute approximate surface area is 203 Å². The molecule has 1 fully saturated rings. The molecule has 0 atom stereocenters. The number of benzene rings is 3. The third-order valence-corrected chi connectivity index (χ3v) is 6.03. The van der Waals surface area contributed by atoms with E-state index >= 15 is 0 Å². The quantitative estimate of drug-likeness (QED) is 0.326. The summed E-state index contributed by atoms with van der Waals surface area (Å²) in [6.07, 6.45) is 1.57. The van der Waals surface area contributed by atoms with E-state index in [1.165, 1.54) is 0 Å². The van der Waals surface area contributed by atoms with Gasteiger partial charge in [-0.2, -0.15) is 0 Å². The highest BCUT2D eigenvalue weighted by Crippen LogP contribution is 2.33. The van der Waals surface area contributed by atoms with Gasteiger partial charge < -0.3 is 4.57 Å². The molecular formula is C29H23N3O3. The van der Waals surface area contributed by atoms with Gasteiger partial charge in [0, 0.05) is 16.9 Å². The van der Waals surface area contributed by atoms with Crippen molar-refractivity contribution in [1.82, 2.24) is 9.88 Å². The van der Waals surface area contributed by atoms with Crippen molar-refractivity contribution in [2.75, 3.05) is 4.90 Å². The lowest BCUT2D eigenvalue weighted by atomic mass is 10.0. The molecule has 3 aromatic carbocycles. The minimum absolute atomic E-state index is 0.102. The number of aryl methyl sites for hydroxylation is 2. The standard InChI is InChI=1S/C29H23N3O3/c1-19-11-9-10-16-25(19)32-28(34)24(27(33)30-29(32)35)18-22-17-20(2)31(23-14-7-4-8-15-23)26(22)21-12-5-3-6-13-21/h3-18H,1-2H3,(H,30,33,35)/b24-18+. The van der Waals surface area contributed by atoms with E-state index in [9.17, 15) is 14.4 Å². The fraction of sp³-hybridized carbons (Fsp3) is 0.0690. The van der Waals surface area contributed by atoms with Crippen LogP contribution in [-0.2, 0) is 9.59 Å². The third kappa shape index (κ3) is 3.95. The van der Waals surface area contributed by atoms with Crippen LogP contribution in [0.25, 0.3) is 23.0 Å². The Hall–Kier alpha value is -4.71. The number of hydrogen-bond acceptors (Lipinski definition) is 3. The molecule has 6 nitrogen and oxygen atoms in total. The van der Waals surface area contributed by atoms with Gasteiger partial charge >= 0.3 is 6.03 Å². The van der Waals surface area contributed by atoms with Gasteiger partial charge in [0.25, 0.3) is 11.8 Å². The lowest BCUT2D eigenvalue weighted by Crippen LogP contribution is -2.54. The molecule has 0 radical (unpaired) electrons. The van der Waals surface area contributed by atoms with E-state index in [0.717, 1.165) is 33.1 Å². The molecular weight excluding hydrogens is 438 g/mol. The van der Waals surface area contributed by atoms with E-state index in [1.807, 2.05) is 92.7 Å². The number of nitrogens with one attached hydrogen (secondary N) is 1. The molecule has 1 N–H and O–H groups in total. The summed E-state index contributed by atoms with van der Waals surface area (Å²) in [5, 5.41) is 2.32. The largest absolute Gasteiger partial charge is 0.335 e. The molecule has 2 heterocycles. The van der Waals surface area contributed by atoms with Gasteiger partial charge in [0.15, 0.2) is 0 Å². The molecule has 1 saturated heterocycles. The van der Waals surface area contributed by atoms with Crippen molar-refractivity contribution >= 4 is 29.6 Å². The van der Waals surface area contributed by atoms with Gasteiger partial charge in [-0.1, -0.05) is 66.7 Å². The summed E-state index contributed by atoms with van der Waals surface area (Å²) in [6.45, 7) is 3.79. The molecule has 4 aromatic rings. The molecule has 0 saturated carbocycles. The maximum Gasteiger partial charge on any atom is 0.335 e. The molecule has 0 aliphatic carbocycles. The predicted molar refractivity (Wildman–Crippen MR) is 136 cm³/mol. The second-order valence-electron chi connectivity index (χ2n) is 8.37. The summed E-state index contributed by atoms with van der Waals surface area (Å²) >= 11 is 0. The molecule has 1 aromatic heterocycles. The van der Waals surface area contributed by atoms with Crippen molar-refractivity contribution in [1.29, 1.82) is 0 Å². The Morgan fingerprint density at radius 2 is 1.40 bits per heavy atom. The maximum atomic E-state index is 13.5. The zero-order valence-corrected chi connectivity index (χ0v) is 19.4. The van der Waals surface area contributed by atoms with E-state index < -0.39 is 17.8 Å². The molecule has 1 aliphatic rings. The number of barbiturate groups is 1. The van der Waals surface area contributed by atoms with Crippen LogP contribution in [0.2, 0.25) is 0 Å². The highest BCUT2D eigenvalue weighted by atomic mass is 16.2. The molecule has 5 rings (SSSR count). The number of rotatable bonds is 4. The molecule has 0 spiro atoms. The van der Waals surface area contributed by atoms with Gasteiger partial charge in [0.05, 0.1) is 11.4 Å². The topological polar surface area (TPSA) is 71.4 Å². The normalized spacial score (nSPS) is 15.0. The highest BCUT2D eigenvalue weighted by molar-refractivity contribution is 6.39. The summed E-state index contributed by atoms with van der Waals surface area (Å²) in [5.74, 6) is -1.37. The fourth-order valence-corrected chi connectivity index (χ4v) is 4.42. The summed E-state index contributed by atoms with van der Waals surface area (Å²) in [5.41, 5.74) is 5.48. The van der Waals surface area contributed by atoms with Crippen molar-refractivity contribution in [2.45, 2.75) is 13.8 Å². The Morgan fingerprint density at radius 3 is 2.09 bits per heavy atom. The van der Waals surface area contributed by atoms with E-state index in [-0.39, 0.29) is 5.57 Å². The maximum absolute atomic E-state index is 13.5. The van der Waals surface area contributed by atoms with E-state index in [2.05, 4.69) is 9.88 Å². The van der Waals surface area contributed by atoms with Gasteiger partial charge in [0.2, 0.25) is 0 Å². The average molecular weight is 462 g/mol. The first-order chi connectivity index (χ1) is 17.0. The molecule has 0 bridgehead atoms. The van der Waals surface area contributed by atoms with Crippen LogP contribution in [-0.4, -0.2) is 22.4 Å². The molecule has 35 heavy (non-hydrogen) atoms. The number of urea groups is 1. The minimum atomic E-state index is -0.757. The Bertz CT molecular complexity index is 1480. The van der Waals surface area contributed by atoms with Gasteiger partial charge in [-0.05, 0) is 55.3 Å². The van der Waals surface area contributed by atoms with Crippen LogP contribution in [0.4, 0.5) is 10.5 Å². The predicted octanol–water partition coefficient (Wildman–Crippen LogP) is 5.43. The van der Waals surface area contributed by atoms with Crippen LogP contribution in [0, 0.1) is 13.8 Å². The first-order valence-corrected chi connectivity index (χ1v) is 11.3. The molecule has 4 amide bonds. The second-order valence-corrected chi connectivity index (χ2v) is 8.37. The van der Waals surface area contributed by atoms with E-state index in [4.69, 9.17) is 0 Å². The highest BCUT2D eigenvalue weighted by Gasteiger charge is 2.37. The van der Waals surface area contributed by atoms with Gasteiger partial charge in [-0.3, -0.25) is 14.9 Å². The van der Waals surface area contributed by atoms with Crippen molar-refractivity contribution in [3.63, 3.8) is 0 Å². The van der Waals surface area contributed by atoms with Gasteiger partial charge in [0.1, 0.15) is 5.57 Å². The zero-order valence-electron chi connectivity index (χ0n) is 19.4. The first-order valence-electron chi connectivity index (χ1n) is 11.3. The smallest absolute Gasteiger partial charge is 0.313 e. The number of carbonyl (C=O) groups excluding carboxylic acids is 3. The lowest BCUT2D eigenvalue weighted by molar-refractivity contribution is -0.122. The van der Waals surface area contributed by atoms with Crippen LogP contribution in [0.15, 0.2) is 96.6 Å². The van der Waals surface area contributed by atoms with Crippen LogP contribution in [0.1, 0.15) is 16.8 Å². The zero-order chi connectivity index (χ0) is 24.5. The fourth-order valence-electron chi connectivity index (χ4n) is 4.42. The molecule has 1 aliphatic heterocycles. The summed E-state index contributed by atoms with van der Waals surface area (Å²) in [6, 6.07) is 28.0. The van der Waals surface area contributed by atoms with Crippen molar-refractivity contribution in [3.05, 3.63) is 113 Å². The number of imide groups is 2. The Kier molecular flexibility index (Phi) is 5.63. The van der Waals surface area contributed by atoms with Crippen LogP contribution < -0.4 is 10.2 Å². The number of amides is 4. The van der Waals surface area contributed by atoms with Gasteiger partial charge in [-0.15, -0.1) is 0 Å². The monoisotopic (exact) mass is 461 g/mol. The van der Waals surface area contributed by atoms with Crippen LogP contribution in [0.5, 0.6) is 0 Å². The third-order valence-electron chi connectivity index (χ3n) is 6.03. The summed E-state index contributed by atoms with van der Waals surface area (Å²) in [7, 11) is 0. The van der Waals surface area contributed by atoms with E-state index in [0.29, 0.717) is 11.3 Å². The first kappa shape index (κ1) is 22.1. The minimum Gasteiger partial charge on any atom is -0.313 e. The molecule has 0 unspecified atom stereocenters. The summed E-state index contributed by atoms with van der Waals surface area (Å²) < 4.78 is 2.09. The second kappa shape index (κ2) is 8.91. The molecule has 172 valence electrons. The Balaban J connectivity index is 1.69. The van der Waals surface area contributed by atoms with Crippen molar-refractivity contribution < 1.29 is 14.4 Å². The SMILES string of the molecule is Cc1ccccc1N1C(=O)NC(=O)/C(=C\c2cc(C)n(-c3ccccc3)c2-c2ccccc2)C1=O. The van der Waals surface area contributed by atoms with Crippen LogP contribution >= 0.6 is 0 Å². The van der Waals surface area contributed by atoms with Crippen LogP contribution in [0.3, 0.4) is 0 Å². The van der Waals surface area contributed by atoms with Crippen molar-refractivity contribution in [2.24, 2.45) is 0 Å². The number of para-hydroxylation sites is 2. The number of nitrogens with zero attached hydrogens (tertiary/aromatic N) is 2. The number of aromatic nitrogens is 1. The average Bonchev–Trinajstić information content (AvgIpc) is 3.19. The lowest BCUT2D eigenvalue weighted by Gasteiger charge is -2.27. The number of carbonyl (C=O) groups is 3. The van der Waals surface area contributed by atoms with Crippen molar-refractivity contribution in [3.8, 4) is 16.9 Å². The molecule has 6 heteroatoms. The number of hydrogen-bond donors (Lipinski definition) is 1.